The number of hydrogen-bond acceptors (Lipinski definition) is 4. The molecule has 0 radical (unpaired) electrons. The Labute approximate surface area is 122 Å². The van der Waals surface area contributed by atoms with Crippen molar-refractivity contribution < 1.29 is 19.4 Å². The third kappa shape index (κ3) is 1.92. The Kier molecular flexibility index (Phi) is 2.87. The van der Waals surface area contributed by atoms with Crippen LogP contribution >= 0.6 is 0 Å². The summed E-state index contributed by atoms with van der Waals surface area (Å²) in [6.07, 6.45) is 1.68. The van der Waals surface area contributed by atoms with E-state index in [1.165, 1.54) is 4.90 Å². The van der Waals surface area contributed by atoms with E-state index in [4.69, 9.17) is 4.74 Å². The molecule has 3 aliphatic rings. The summed E-state index contributed by atoms with van der Waals surface area (Å²) in [4.78, 5) is 26.6. The molecule has 0 aromatic heterocycles. The van der Waals surface area contributed by atoms with Crippen molar-refractivity contribution in [2.75, 3.05) is 13.2 Å². The first kappa shape index (κ1) is 13.0. The third-order valence-electron chi connectivity index (χ3n) is 4.88. The van der Waals surface area contributed by atoms with Crippen LogP contribution in [0.1, 0.15) is 33.6 Å². The van der Waals surface area contributed by atoms with Crippen molar-refractivity contribution in [3.05, 3.63) is 35.4 Å². The zero-order valence-electron chi connectivity index (χ0n) is 11.6. The quantitative estimate of drug-likeness (QED) is 0.664. The number of ether oxygens (including phenoxy) is 1. The number of fused-ring (bicyclic) bond motifs is 1. The van der Waals surface area contributed by atoms with E-state index >= 15 is 0 Å². The standard InChI is InChI=1S/C16H17NO4/c18-7-9-5-10(6-9)14(13-8-21-13)17-15(19)11-3-1-2-4-12(11)16(17)20/h1-4,9-10,13-14,18H,5-8H2/t9?,10?,13?,14-/m1/s1. The summed E-state index contributed by atoms with van der Waals surface area (Å²) >= 11 is 0. The highest BCUT2D eigenvalue weighted by atomic mass is 16.6. The maximum atomic E-state index is 12.6. The van der Waals surface area contributed by atoms with Crippen molar-refractivity contribution in [1.29, 1.82) is 0 Å². The fraction of sp³-hybridized carbons (Fsp3) is 0.500. The number of imide groups is 1. The van der Waals surface area contributed by atoms with Crippen LogP contribution in [0, 0.1) is 11.8 Å². The van der Waals surface area contributed by atoms with Crippen LogP contribution < -0.4 is 0 Å². The summed E-state index contributed by atoms with van der Waals surface area (Å²) < 4.78 is 5.40. The molecule has 21 heavy (non-hydrogen) atoms. The topological polar surface area (TPSA) is 70.1 Å². The van der Waals surface area contributed by atoms with Gasteiger partial charge < -0.3 is 9.84 Å². The molecule has 2 fully saturated rings. The van der Waals surface area contributed by atoms with E-state index < -0.39 is 0 Å². The molecular formula is C16H17NO4. The van der Waals surface area contributed by atoms with Crippen LogP contribution in [0.3, 0.4) is 0 Å². The average Bonchev–Trinajstić information content (AvgIpc) is 3.25. The number of carbonyl (C=O) groups excluding carboxylic acids is 2. The molecule has 1 aromatic rings. The number of amides is 2. The largest absolute Gasteiger partial charge is 0.396 e. The highest BCUT2D eigenvalue weighted by molar-refractivity contribution is 6.21. The van der Waals surface area contributed by atoms with Gasteiger partial charge >= 0.3 is 0 Å². The van der Waals surface area contributed by atoms with E-state index in [1.54, 1.807) is 24.3 Å². The van der Waals surface area contributed by atoms with Crippen molar-refractivity contribution in [2.24, 2.45) is 11.8 Å². The van der Waals surface area contributed by atoms with Gasteiger partial charge in [-0.15, -0.1) is 0 Å². The van der Waals surface area contributed by atoms with Gasteiger partial charge in [-0.1, -0.05) is 12.1 Å². The SMILES string of the molecule is O=C1c2ccccc2C(=O)N1[C@H](C1CC(CO)C1)C1CO1. The summed E-state index contributed by atoms with van der Waals surface area (Å²) in [6.45, 7) is 0.787. The first-order valence-corrected chi connectivity index (χ1v) is 7.40. The fourth-order valence-electron chi connectivity index (χ4n) is 3.63. The van der Waals surface area contributed by atoms with Crippen molar-refractivity contribution in [1.82, 2.24) is 4.90 Å². The fourth-order valence-corrected chi connectivity index (χ4v) is 3.63. The molecule has 5 nitrogen and oxygen atoms in total. The molecule has 0 spiro atoms. The van der Waals surface area contributed by atoms with Crippen molar-refractivity contribution in [3.63, 3.8) is 0 Å². The number of carbonyl (C=O) groups is 2. The molecule has 1 N–H and O–H groups in total. The first-order valence-electron chi connectivity index (χ1n) is 7.40. The van der Waals surface area contributed by atoms with Gasteiger partial charge in [-0.05, 0) is 36.8 Å². The average molecular weight is 287 g/mol. The third-order valence-corrected chi connectivity index (χ3v) is 4.88. The van der Waals surface area contributed by atoms with E-state index in [2.05, 4.69) is 0 Å². The lowest BCUT2D eigenvalue weighted by Gasteiger charge is -2.42. The number of aliphatic hydroxyl groups is 1. The molecule has 5 heteroatoms. The van der Waals surface area contributed by atoms with Gasteiger partial charge in [-0.3, -0.25) is 14.5 Å². The summed E-state index contributed by atoms with van der Waals surface area (Å²) in [5, 5.41) is 9.17. The lowest BCUT2D eigenvalue weighted by molar-refractivity contribution is 0.0200. The van der Waals surface area contributed by atoms with Crippen molar-refractivity contribution in [3.8, 4) is 0 Å². The lowest BCUT2D eigenvalue weighted by atomic mass is 9.70. The monoisotopic (exact) mass is 287 g/mol. The smallest absolute Gasteiger partial charge is 0.261 e. The van der Waals surface area contributed by atoms with Gasteiger partial charge in [0.2, 0.25) is 0 Å². The van der Waals surface area contributed by atoms with E-state index in [0.717, 1.165) is 12.8 Å². The lowest BCUT2D eigenvalue weighted by Crippen LogP contribution is -2.51. The molecule has 2 aliphatic heterocycles. The molecular weight excluding hydrogens is 270 g/mol. The zero-order valence-corrected chi connectivity index (χ0v) is 11.6. The molecule has 2 amide bonds. The highest BCUT2D eigenvalue weighted by Crippen LogP contribution is 2.43. The number of nitrogens with zero attached hydrogens (tertiary/aromatic N) is 1. The van der Waals surface area contributed by atoms with Crippen LogP contribution in [0.2, 0.25) is 0 Å². The van der Waals surface area contributed by atoms with E-state index in [1.807, 2.05) is 0 Å². The van der Waals surface area contributed by atoms with Crippen LogP contribution in [0.15, 0.2) is 24.3 Å². The molecule has 110 valence electrons. The van der Waals surface area contributed by atoms with E-state index in [-0.39, 0.29) is 36.5 Å². The number of hydrogen-bond donors (Lipinski definition) is 1. The van der Waals surface area contributed by atoms with Gasteiger partial charge in [-0.2, -0.15) is 0 Å². The molecule has 1 saturated heterocycles. The molecule has 2 heterocycles. The second kappa shape index (κ2) is 4.64. The summed E-state index contributed by atoms with van der Waals surface area (Å²) in [7, 11) is 0. The van der Waals surface area contributed by atoms with E-state index in [9.17, 15) is 14.7 Å². The minimum Gasteiger partial charge on any atom is -0.396 e. The van der Waals surface area contributed by atoms with E-state index in [0.29, 0.717) is 23.7 Å². The predicted octanol–water partition coefficient (Wildman–Crippen LogP) is 1.07. The van der Waals surface area contributed by atoms with Crippen LogP contribution in [0.4, 0.5) is 0 Å². The maximum absolute atomic E-state index is 12.6. The van der Waals surface area contributed by atoms with Gasteiger partial charge in [-0.25, -0.2) is 0 Å². The van der Waals surface area contributed by atoms with Crippen molar-refractivity contribution >= 4 is 11.8 Å². The molecule has 2 atom stereocenters. The Balaban J connectivity index is 1.63. The van der Waals surface area contributed by atoms with Crippen LogP contribution in [0.25, 0.3) is 0 Å². The van der Waals surface area contributed by atoms with Gasteiger partial charge in [0.15, 0.2) is 0 Å². The van der Waals surface area contributed by atoms with Crippen LogP contribution in [0.5, 0.6) is 0 Å². The molecule has 0 bridgehead atoms. The Morgan fingerprint density at radius 3 is 2.24 bits per heavy atom. The van der Waals surface area contributed by atoms with Gasteiger partial charge in [0, 0.05) is 6.61 Å². The Bertz CT molecular complexity index is 569. The molecule has 1 saturated carbocycles. The minimum absolute atomic E-state index is 0.0307. The zero-order chi connectivity index (χ0) is 14.6. The Morgan fingerprint density at radius 2 is 1.76 bits per heavy atom. The van der Waals surface area contributed by atoms with Crippen LogP contribution in [-0.4, -0.2) is 47.2 Å². The summed E-state index contributed by atoms with van der Waals surface area (Å²) in [6, 6.07) is 6.79. The molecule has 4 rings (SSSR count). The minimum atomic E-state index is -0.205. The van der Waals surface area contributed by atoms with Gasteiger partial charge in [0.05, 0.1) is 23.8 Å². The number of aliphatic hydroxyl groups excluding tert-OH is 1. The van der Waals surface area contributed by atoms with Gasteiger partial charge in [0.1, 0.15) is 6.10 Å². The summed E-state index contributed by atoms with van der Waals surface area (Å²) in [5.41, 5.74) is 0.984. The number of epoxide rings is 1. The summed E-state index contributed by atoms with van der Waals surface area (Å²) in [5.74, 6) is 0.135. The van der Waals surface area contributed by atoms with Crippen molar-refractivity contribution in [2.45, 2.75) is 25.0 Å². The second-order valence-electron chi connectivity index (χ2n) is 6.17. The second-order valence-corrected chi connectivity index (χ2v) is 6.17. The number of benzene rings is 1. The molecule has 1 aromatic carbocycles. The Hall–Kier alpha value is -1.72. The maximum Gasteiger partial charge on any atom is 0.261 e. The molecule has 1 aliphatic carbocycles. The van der Waals surface area contributed by atoms with Gasteiger partial charge in [0.25, 0.3) is 11.8 Å². The Morgan fingerprint density at radius 1 is 1.19 bits per heavy atom. The normalized spacial score (nSPS) is 31.9. The predicted molar refractivity (Wildman–Crippen MR) is 73.8 cm³/mol. The highest BCUT2D eigenvalue weighted by Gasteiger charge is 2.52. The first-order chi connectivity index (χ1) is 10.2. The number of rotatable bonds is 4. The molecule has 1 unspecified atom stereocenters. The van der Waals surface area contributed by atoms with Crippen LogP contribution in [-0.2, 0) is 4.74 Å².